The van der Waals surface area contributed by atoms with Gasteiger partial charge in [-0.3, -0.25) is 4.79 Å². The van der Waals surface area contributed by atoms with Crippen LogP contribution < -0.4 is 10.6 Å². The minimum Gasteiger partial charge on any atom is -0.368 e. The van der Waals surface area contributed by atoms with Gasteiger partial charge >= 0.3 is 0 Å². The molecule has 1 heterocycles. The lowest BCUT2D eigenvalue weighted by Gasteiger charge is -2.34. The number of carbonyl (C=O) groups is 1. The van der Waals surface area contributed by atoms with E-state index in [1.807, 2.05) is 24.3 Å². The largest absolute Gasteiger partial charge is 0.368 e. The van der Waals surface area contributed by atoms with Gasteiger partial charge in [0.05, 0.1) is 0 Å². The first-order valence-corrected chi connectivity index (χ1v) is 6.83. The second-order valence-electron chi connectivity index (χ2n) is 4.76. The molecule has 1 saturated heterocycles. The Kier molecular flexibility index (Phi) is 6.76. The Morgan fingerprint density at radius 2 is 2.15 bits per heavy atom. The molecule has 1 aromatic rings. The van der Waals surface area contributed by atoms with E-state index in [4.69, 9.17) is 16.3 Å². The van der Waals surface area contributed by atoms with Crippen molar-refractivity contribution in [1.29, 1.82) is 0 Å². The van der Waals surface area contributed by atoms with E-state index < -0.39 is 5.60 Å². The highest BCUT2D eigenvalue weighted by Gasteiger charge is 2.39. The van der Waals surface area contributed by atoms with E-state index in [-0.39, 0.29) is 18.3 Å². The number of halogens is 2. The lowest BCUT2D eigenvalue weighted by Crippen LogP contribution is -2.53. The number of carbonyl (C=O) groups excluding carboxylic acids is 1. The molecule has 0 bridgehead atoms. The van der Waals surface area contributed by atoms with E-state index in [0.717, 1.165) is 18.7 Å². The zero-order valence-electron chi connectivity index (χ0n) is 11.4. The maximum absolute atomic E-state index is 12.3. The van der Waals surface area contributed by atoms with Crippen molar-refractivity contribution in [2.24, 2.45) is 0 Å². The Bertz CT molecular complexity index is 449. The SMILES string of the molecule is COC1(C(=O)NCc2cccc(Cl)c2)CCNCC1.Cl. The van der Waals surface area contributed by atoms with Crippen molar-refractivity contribution in [3.8, 4) is 0 Å². The van der Waals surface area contributed by atoms with Crippen molar-refractivity contribution in [2.45, 2.75) is 25.0 Å². The molecule has 1 aliphatic rings. The van der Waals surface area contributed by atoms with Crippen LogP contribution in [0.25, 0.3) is 0 Å². The standard InChI is InChI=1S/C14H19ClN2O2.ClH/c1-19-14(5-7-16-8-6-14)13(18)17-10-11-3-2-4-12(15)9-11;/h2-4,9,16H,5-8,10H2,1H3,(H,17,18);1H. The predicted molar refractivity (Wildman–Crippen MR) is 82.4 cm³/mol. The molecule has 1 amide bonds. The van der Waals surface area contributed by atoms with Crippen LogP contribution in [0.4, 0.5) is 0 Å². The van der Waals surface area contributed by atoms with E-state index in [9.17, 15) is 4.79 Å². The Morgan fingerprint density at radius 3 is 2.75 bits per heavy atom. The van der Waals surface area contributed by atoms with E-state index in [1.165, 1.54) is 0 Å². The van der Waals surface area contributed by atoms with E-state index in [2.05, 4.69) is 10.6 Å². The van der Waals surface area contributed by atoms with Gasteiger partial charge in [-0.05, 0) is 43.6 Å². The molecule has 1 aliphatic heterocycles. The molecule has 0 radical (unpaired) electrons. The van der Waals surface area contributed by atoms with Crippen LogP contribution in [-0.2, 0) is 16.1 Å². The number of amides is 1. The fraction of sp³-hybridized carbons (Fsp3) is 0.500. The van der Waals surface area contributed by atoms with Crippen molar-refractivity contribution >= 4 is 29.9 Å². The second kappa shape index (κ2) is 7.84. The zero-order chi connectivity index (χ0) is 13.7. The Hall–Kier alpha value is -0.810. The van der Waals surface area contributed by atoms with Crippen molar-refractivity contribution in [3.05, 3.63) is 34.9 Å². The first-order chi connectivity index (χ1) is 9.16. The number of nitrogens with one attached hydrogen (secondary N) is 2. The minimum atomic E-state index is -0.691. The predicted octanol–water partition coefficient (Wildman–Crippen LogP) is 2.15. The van der Waals surface area contributed by atoms with Gasteiger partial charge in [0, 0.05) is 18.7 Å². The average molecular weight is 319 g/mol. The van der Waals surface area contributed by atoms with Crippen molar-refractivity contribution < 1.29 is 9.53 Å². The molecule has 2 rings (SSSR count). The molecule has 0 aliphatic carbocycles. The first kappa shape index (κ1) is 17.2. The smallest absolute Gasteiger partial charge is 0.252 e. The summed E-state index contributed by atoms with van der Waals surface area (Å²) in [4.78, 5) is 12.3. The van der Waals surface area contributed by atoms with Crippen LogP contribution >= 0.6 is 24.0 Å². The van der Waals surface area contributed by atoms with E-state index >= 15 is 0 Å². The number of methoxy groups -OCH3 is 1. The van der Waals surface area contributed by atoms with Gasteiger partial charge in [0.15, 0.2) is 0 Å². The second-order valence-corrected chi connectivity index (χ2v) is 5.20. The molecule has 1 fully saturated rings. The van der Waals surface area contributed by atoms with Gasteiger partial charge < -0.3 is 15.4 Å². The van der Waals surface area contributed by atoms with Crippen LogP contribution in [-0.4, -0.2) is 31.7 Å². The summed E-state index contributed by atoms with van der Waals surface area (Å²) >= 11 is 5.92. The molecule has 0 unspecified atom stereocenters. The fourth-order valence-corrected chi connectivity index (χ4v) is 2.56. The molecular formula is C14H20Cl2N2O2. The molecule has 1 aromatic carbocycles. The monoisotopic (exact) mass is 318 g/mol. The van der Waals surface area contributed by atoms with Crippen LogP contribution in [0.3, 0.4) is 0 Å². The summed E-state index contributed by atoms with van der Waals surface area (Å²) in [5.41, 5.74) is 0.296. The first-order valence-electron chi connectivity index (χ1n) is 6.45. The highest BCUT2D eigenvalue weighted by atomic mass is 35.5. The molecule has 0 aromatic heterocycles. The summed E-state index contributed by atoms with van der Waals surface area (Å²) in [7, 11) is 1.60. The van der Waals surface area contributed by atoms with Crippen LogP contribution in [0.2, 0.25) is 5.02 Å². The summed E-state index contributed by atoms with van der Waals surface area (Å²) in [5.74, 6) is -0.0449. The van der Waals surface area contributed by atoms with Gasteiger partial charge in [0.25, 0.3) is 5.91 Å². The molecule has 112 valence electrons. The molecule has 0 atom stereocenters. The normalized spacial score (nSPS) is 17.1. The lowest BCUT2D eigenvalue weighted by molar-refractivity contribution is -0.146. The van der Waals surface area contributed by atoms with Gasteiger partial charge in [-0.25, -0.2) is 0 Å². The van der Waals surface area contributed by atoms with Crippen LogP contribution in [0.15, 0.2) is 24.3 Å². The highest BCUT2D eigenvalue weighted by molar-refractivity contribution is 6.30. The van der Waals surface area contributed by atoms with Crippen LogP contribution in [0.5, 0.6) is 0 Å². The Morgan fingerprint density at radius 1 is 1.45 bits per heavy atom. The summed E-state index contributed by atoms with van der Waals surface area (Å²) in [6.45, 7) is 2.08. The van der Waals surface area contributed by atoms with E-state index in [0.29, 0.717) is 24.4 Å². The van der Waals surface area contributed by atoms with Gasteiger partial charge in [0.1, 0.15) is 5.60 Å². The number of rotatable bonds is 4. The topological polar surface area (TPSA) is 50.4 Å². The lowest BCUT2D eigenvalue weighted by atomic mass is 9.91. The molecular weight excluding hydrogens is 299 g/mol. The molecule has 0 saturated carbocycles. The Labute approximate surface area is 130 Å². The number of hydrogen-bond donors (Lipinski definition) is 2. The molecule has 4 nitrogen and oxygen atoms in total. The van der Waals surface area contributed by atoms with Crippen LogP contribution in [0.1, 0.15) is 18.4 Å². The summed E-state index contributed by atoms with van der Waals surface area (Å²) in [6.07, 6.45) is 1.40. The summed E-state index contributed by atoms with van der Waals surface area (Å²) in [6, 6.07) is 7.48. The quantitative estimate of drug-likeness (QED) is 0.894. The number of benzene rings is 1. The van der Waals surface area contributed by atoms with Gasteiger partial charge in [-0.2, -0.15) is 0 Å². The molecule has 0 spiro atoms. The minimum absolute atomic E-state index is 0. The van der Waals surface area contributed by atoms with Crippen LogP contribution in [0, 0.1) is 0 Å². The van der Waals surface area contributed by atoms with Crippen molar-refractivity contribution in [2.75, 3.05) is 20.2 Å². The molecule has 2 N–H and O–H groups in total. The number of ether oxygens (including phenoxy) is 1. The fourth-order valence-electron chi connectivity index (χ4n) is 2.34. The number of piperidine rings is 1. The van der Waals surface area contributed by atoms with Gasteiger partial charge in [-0.1, -0.05) is 23.7 Å². The zero-order valence-corrected chi connectivity index (χ0v) is 13.0. The maximum atomic E-state index is 12.3. The average Bonchev–Trinajstić information content (AvgIpc) is 2.45. The van der Waals surface area contributed by atoms with E-state index in [1.54, 1.807) is 7.11 Å². The Balaban J connectivity index is 0.00000200. The third kappa shape index (κ3) is 4.09. The van der Waals surface area contributed by atoms with Crippen molar-refractivity contribution in [1.82, 2.24) is 10.6 Å². The third-order valence-electron chi connectivity index (χ3n) is 3.56. The molecule has 20 heavy (non-hydrogen) atoms. The summed E-state index contributed by atoms with van der Waals surface area (Å²) in [5, 5.41) is 6.85. The van der Waals surface area contributed by atoms with Gasteiger partial charge in [-0.15, -0.1) is 12.4 Å². The van der Waals surface area contributed by atoms with Crippen molar-refractivity contribution in [3.63, 3.8) is 0 Å². The highest BCUT2D eigenvalue weighted by Crippen LogP contribution is 2.22. The summed E-state index contributed by atoms with van der Waals surface area (Å²) < 4.78 is 5.47. The van der Waals surface area contributed by atoms with Gasteiger partial charge in [0.2, 0.25) is 0 Å². The number of hydrogen-bond acceptors (Lipinski definition) is 3. The molecule has 6 heteroatoms. The third-order valence-corrected chi connectivity index (χ3v) is 3.79. The maximum Gasteiger partial charge on any atom is 0.252 e.